The molecule has 0 radical (unpaired) electrons. The van der Waals surface area contributed by atoms with Crippen molar-refractivity contribution in [3.8, 4) is 5.75 Å². The third-order valence-corrected chi connectivity index (χ3v) is 5.55. The number of rotatable bonds is 6. The van der Waals surface area contributed by atoms with Gasteiger partial charge in [-0.25, -0.2) is 13.1 Å². The number of nitrogens with two attached hydrogens (primary N) is 1. The summed E-state index contributed by atoms with van der Waals surface area (Å²) in [7, 11) is -2.66. The van der Waals surface area contributed by atoms with E-state index < -0.39 is 20.5 Å². The van der Waals surface area contributed by atoms with E-state index in [1.807, 2.05) is 0 Å². The summed E-state index contributed by atoms with van der Waals surface area (Å²) in [5.74, 6) is 0.0586. The van der Waals surface area contributed by atoms with Gasteiger partial charge >= 0.3 is 0 Å². The lowest BCUT2D eigenvalue weighted by Crippen LogP contribution is -2.51. The lowest BCUT2D eigenvalue weighted by Gasteiger charge is -2.28. The number of non-ortho nitro benzene ring substituents is 1. The largest absolute Gasteiger partial charge is 0.495 e. The summed E-state index contributed by atoms with van der Waals surface area (Å²) in [5.41, 5.74) is 4.74. The zero-order valence-electron chi connectivity index (χ0n) is 12.2. The molecule has 0 aliphatic heterocycles. The average Bonchev–Trinajstić information content (AvgIpc) is 2.94. The molecule has 1 aromatic rings. The van der Waals surface area contributed by atoms with Crippen molar-refractivity contribution in [3.05, 3.63) is 28.3 Å². The van der Waals surface area contributed by atoms with Crippen molar-refractivity contribution < 1.29 is 18.1 Å². The Morgan fingerprint density at radius 2 is 2.05 bits per heavy atom. The molecule has 0 spiro atoms. The number of hydrogen-bond donors (Lipinski definition) is 2. The third kappa shape index (κ3) is 3.21. The lowest BCUT2D eigenvalue weighted by atomic mass is 10.0. The number of nitro benzene ring substituents is 1. The van der Waals surface area contributed by atoms with Gasteiger partial charge in [-0.05, 0) is 18.9 Å². The molecule has 9 heteroatoms. The van der Waals surface area contributed by atoms with Gasteiger partial charge in [0.25, 0.3) is 5.69 Å². The predicted octanol–water partition coefficient (Wildman–Crippen LogP) is 1.15. The number of sulfonamides is 1. The molecule has 0 heterocycles. The Morgan fingerprint density at radius 3 is 2.55 bits per heavy atom. The maximum absolute atomic E-state index is 12.6. The van der Waals surface area contributed by atoms with Crippen molar-refractivity contribution in [2.75, 3.05) is 13.7 Å². The van der Waals surface area contributed by atoms with E-state index in [0.717, 1.165) is 18.9 Å². The minimum absolute atomic E-state index is 0.0586. The fraction of sp³-hybridized carbons (Fsp3) is 0.538. The van der Waals surface area contributed by atoms with Crippen LogP contribution >= 0.6 is 0 Å². The molecule has 0 bridgehead atoms. The highest BCUT2D eigenvalue weighted by Gasteiger charge is 2.38. The fourth-order valence-corrected chi connectivity index (χ4v) is 4.39. The number of benzene rings is 1. The first-order chi connectivity index (χ1) is 10.3. The lowest BCUT2D eigenvalue weighted by molar-refractivity contribution is -0.385. The predicted molar refractivity (Wildman–Crippen MR) is 80.2 cm³/mol. The highest BCUT2D eigenvalue weighted by atomic mass is 32.2. The van der Waals surface area contributed by atoms with E-state index in [9.17, 15) is 18.5 Å². The molecule has 0 atom stereocenters. The van der Waals surface area contributed by atoms with E-state index >= 15 is 0 Å². The molecule has 22 heavy (non-hydrogen) atoms. The van der Waals surface area contributed by atoms with Gasteiger partial charge in [-0.1, -0.05) is 12.8 Å². The maximum Gasteiger partial charge on any atom is 0.271 e. The second-order valence-corrected chi connectivity index (χ2v) is 7.04. The molecule has 0 aromatic heterocycles. The Bertz CT molecular complexity index is 668. The first-order valence-electron chi connectivity index (χ1n) is 6.90. The van der Waals surface area contributed by atoms with Crippen LogP contribution < -0.4 is 15.2 Å². The van der Waals surface area contributed by atoms with E-state index in [2.05, 4.69) is 4.72 Å². The van der Waals surface area contributed by atoms with Gasteiger partial charge in [0, 0.05) is 24.2 Å². The van der Waals surface area contributed by atoms with Crippen molar-refractivity contribution in [1.82, 2.24) is 4.72 Å². The summed E-state index contributed by atoms with van der Waals surface area (Å²) in [6, 6.07) is 3.48. The van der Waals surface area contributed by atoms with Crippen LogP contribution in [0.5, 0.6) is 5.75 Å². The number of ether oxygens (including phenoxy) is 1. The van der Waals surface area contributed by atoms with Gasteiger partial charge in [0.05, 0.1) is 12.0 Å². The standard InChI is InChI=1S/C13H19N3O5S/c1-21-11-5-4-10(16(17)18)8-12(11)22(19,20)15-13(9-14)6-2-3-7-13/h4-5,8,15H,2-3,6-7,9,14H2,1H3. The highest BCUT2D eigenvalue weighted by Crippen LogP contribution is 2.33. The Morgan fingerprint density at radius 1 is 1.41 bits per heavy atom. The maximum atomic E-state index is 12.6. The van der Waals surface area contributed by atoms with Crippen molar-refractivity contribution in [3.63, 3.8) is 0 Å². The molecule has 1 aromatic carbocycles. The highest BCUT2D eigenvalue weighted by molar-refractivity contribution is 7.89. The van der Waals surface area contributed by atoms with Gasteiger partial charge in [-0.2, -0.15) is 0 Å². The summed E-state index contributed by atoms with van der Waals surface area (Å²) in [6.45, 7) is 0.184. The molecule has 1 fully saturated rings. The van der Waals surface area contributed by atoms with Crippen molar-refractivity contribution >= 4 is 15.7 Å². The fourth-order valence-electron chi connectivity index (χ4n) is 2.73. The average molecular weight is 329 g/mol. The number of nitrogens with one attached hydrogen (secondary N) is 1. The first-order valence-corrected chi connectivity index (χ1v) is 8.38. The van der Waals surface area contributed by atoms with Crippen molar-refractivity contribution in [1.29, 1.82) is 0 Å². The van der Waals surface area contributed by atoms with Crippen LogP contribution in [-0.2, 0) is 10.0 Å². The van der Waals surface area contributed by atoms with Crippen LogP contribution in [0.1, 0.15) is 25.7 Å². The summed E-state index contributed by atoms with van der Waals surface area (Å²) >= 11 is 0. The molecular formula is C13H19N3O5S. The van der Waals surface area contributed by atoms with Gasteiger partial charge in [0.2, 0.25) is 10.0 Å². The van der Waals surface area contributed by atoms with Gasteiger partial charge < -0.3 is 10.5 Å². The number of nitrogens with zero attached hydrogens (tertiary/aromatic N) is 1. The molecule has 2 rings (SSSR count). The van der Waals surface area contributed by atoms with Gasteiger partial charge in [-0.15, -0.1) is 0 Å². The van der Waals surface area contributed by atoms with Gasteiger partial charge in [0.15, 0.2) is 0 Å². The van der Waals surface area contributed by atoms with E-state index in [0.29, 0.717) is 12.8 Å². The van der Waals surface area contributed by atoms with Crippen molar-refractivity contribution in [2.45, 2.75) is 36.1 Å². The van der Waals surface area contributed by atoms with Crippen LogP contribution in [0, 0.1) is 10.1 Å². The first kappa shape index (κ1) is 16.7. The number of nitro groups is 1. The van der Waals surface area contributed by atoms with Gasteiger partial charge in [0.1, 0.15) is 10.6 Å². The number of methoxy groups -OCH3 is 1. The van der Waals surface area contributed by atoms with Crippen LogP contribution in [0.3, 0.4) is 0 Å². The van der Waals surface area contributed by atoms with Crippen LogP contribution in [-0.4, -0.2) is 32.5 Å². The van der Waals surface area contributed by atoms with E-state index in [4.69, 9.17) is 10.5 Å². The van der Waals surface area contributed by atoms with Crippen LogP contribution in [0.15, 0.2) is 23.1 Å². The Labute approximate surface area is 128 Å². The third-order valence-electron chi connectivity index (χ3n) is 3.95. The van der Waals surface area contributed by atoms with Crippen LogP contribution in [0.25, 0.3) is 0 Å². The smallest absolute Gasteiger partial charge is 0.271 e. The molecule has 0 unspecified atom stereocenters. The van der Waals surface area contributed by atoms with E-state index in [1.54, 1.807) is 0 Å². The monoisotopic (exact) mass is 329 g/mol. The molecule has 8 nitrogen and oxygen atoms in total. The molecule has 3 N–H and O–H groups in total. The number of hydrogen-bond acceptors (Lipinski definition) is 6. The van der Waals surface area contributed by atoms with Crippen molar-refractivity contribution in [2.24, 2.45) is 5.73 Å². The Kier molecular flexibility index (Phi) is 4.69. The summed E-state index contributed by atoms with van der Waals surface area (Å²) in [5, 5.41) is 10.9. The Hall–Kier alpha value is -1.71. The Balaban J connectivity index is 2.43. The second kappa shape index (κ2) is 6.19. The molecule has 1 aliphatic carbocycles. The SMILES string of the molecule is COc1ccc([N+](=O)[O-])cc1S(=O)(=O)NC1(CN)CCCC1. The van der Waals surface area contributed by atoms with Crippen LogP contribution in [0.2, 0.25) is 0 Å². The van der Waals surface area contributed by atoms with E-state index in [-0.39, 0.29) is 22.9 Å². The summed E-state index contributed by atoms with van der Waals surface area (Å²) in [4.78, 5) is 9.98. The molecule has 0 saturated heterocycles. The molecule has 1 saturated carbocycles. The normalized spacial score (nSPS) is 17.4. The van der Waals surface area contributed by atoms with Gasteiger partial charge in [-0.3, -0.25) is 10.1 Å². The molecular weight excluding hydrogens is 310 g/mol. The zero-order chi connectivity index (χ0) is 16.4. The topological polar surface area (TPSA) is 125 Å². The quantitative estimate of drug-likeness (QED) is 0.596. The second-order valence-electron chi connectivity index (χ2n) is 5.39. The van der Waals surface area contributed by atoms with E-state index in [1.165, 1.54) is 19.2 Å². The molecule has 0 amide bonds. The summed E-state index contributed by atoms with van der Waals surface area (Å²) < 4.78 is 32.9. The minimum Gasteiger partial charge on any atom is -0.495 e. The molecule has 122 valence electrons. The zero-order valence-corrected chi connectivity index (χ0v) is 13.1. The van der Waals surface area contributed by atoms with Crippen LogP contribution in [0.4, 0.5) is 5.69 Å². The minimum atomic E-state index is -3.97. The molecule has 1 aliphatic rings. The summed E-state index contributed by atoms with van der Waals surface area (Å²) in [6.07, 6.45) is 3.09.